The van der Waals surface area contributed by atoms with E-state index in [0.717, 1.165) is 16.1 Å². The van der Waals surface area contributed by atoms with E-state index in [9.17, 15) is 18.5 Å². The van der Waals surface area contributed by atoms with E-state index in [2.05, 4.69) is 19.2 Å². The van der Waals surface area contributed by atoms with E-state index in [4.69, 9.17) is 0 Å². The number of para-hydroxylation sites is 1. The average Bonchev–Trinajstić information content (AvgIpc) is 2.59. The van der Waals surface area contributed by atoms with Crippen molar-refractivity contribution in [1.29, 1.82) is 5.26 Å². The summed E-state index contributed by atoms with van der Waals surface area (Å²) in [6, 6.07) is 15.6. The molecule has 2 aromatic carbocycles. The molecular weight excluding hydrogens is 350 g/mol. The van der Waals surface area contributed by atoms with Crippen molar-refractivity contribution in [1.82, 2.24) is 0 Å². The number of amides is 1. The lowest BCUT2D eigenvalue weighted by Gasteiger charge is -2.22. The zero-order valence-electron chi connectivity index (χ0n) is 14.9. The number of benzene rings is 2. The summed E-state index contributed by atoms with van der Waals surface area (Å²) in [5.41, 5.74) is 2.10. The van der Waals surface area contributed by atoms with Gasteiger partial charge in [0.1, 0.15) is 12.6 Å². The largest absolute Gasteiger partial charge is 0.325 e. The van der Waals surface area contributed by atoms with Crippen molar-refractivity contribution < 1.29 is 13.2 Å². The molecule has 1 amide bonds. The number of hydrogen-bond donors (Lipinski definition) is 1. The first-order valence-electron chi connectivity index (χ1n) is 8.09. The van der Waals surface area contributed by atoms with Gasteiger partial charge in [-0.25, -0.2) is 8.42 Å². The Bertz CT molecular complexity index is 929. The number of nitrogens with one attached hydrogen (secondary N) is 1. The van der Waals surface area contributed by atoms with Crippen LogP contribution in [-0.4, -0.2) is 27.1 Å². The van der Waals surface area contributed by atoms with Crippen LogP contribution in [0.25, 0.3) is 0 Å². The zero-order chi connectivity index (χ0) is 19.3. The van der Waals surface area contributed by atoms with Gasteiger partial charge in [0.2, 0.25) is 15.9 Å². The van der Waals surface area contributed by atoms with Gasteiger partial charge in [0.25, 0.3) is 0 Å². The molecule has 7 heteroatoms. The first-order valence-corrected chi connectivity index (χ1v) is 9.94. The molecule has 1 N–H and O–H groups in total. The molecule has 6 nitrogen and oxygen atoms in total. The molecule has 0 aliphatic heterocycles. The summed E-state index contributed by atoms with van der Waals surface area (Å²) in [6.45, 7) is 3.73. The second-order valence-corrected chi connectivity index (χ2v) is 8.13. The molecule has 0 saturated carbocycles. The monoisotopic (exact) mass is 371 g/mol. The standard InChI is InChI=1S/C19H21N3O3S/c1-14(2)15-8-10-17(11-9-15)21-19(23)13-22(26(3,24)25)18-7-5-4-6-16(18)12-20/h4-11,14H,13H2,1-3H3,(H,21,23). The van der Waals surface area contributed by atoms with Crippen molar-refractivity contribution >= 4 is 27.3 Å². The van der Waals surface area contributed by atoms with E-state index >= 15 is 0 Å². The molecule has 0 spiro atoms. The number of nitrogens with zero attached hydrogens (tertiary/aromatic N) is 2. The molecule has 26 heavy (non-hydrogen) atoms. The fraction of sp³-hybridized carbons (Fsp3) is 0.263. The van der Waals surface area contributed by atoms with Crippen LogP contribution >= 0.6 is 0 Å². The van der Waals surface area contributed by atoms with Crippen LogP contribution in [-0.2, 0) is 14.8 Å². The van der Waals surface area contributed by atoms with Crippen molar-refractivity contribution in [3.63, 3.8) is 0 Å². The van der Waals surface area contributed by atoms with Gasteiger partial charge in [-0.05, 0) is 35.7 Å². The van der Waals surface area contributed by atoms with Gasteiger partial charge in [-0.1, -0.05) is 38.1 Å². The fourth-order valence-electron chi connectivity index (χ4n) is 2.45. The van der Waals surface area contributed by atoms with Crippen molar-refractivity contribution in [3.8, 4) is 6.07 Å². The van der Waals surface area contributed by atoms with E-state index < -0.39 is 22.5 Å². The maximum atomic E-state index is 12.4. The van der Waals surface area contributed by atoms with Gasteiger partial charge in [-0.2, -0.15) is 5.26 Å². The van der Waals surface area contributed by atoms with Gasteiger partial charge in [0.15, 0.2) is 0 Å². The molecular formula is C19H21N3O3S. The summed E-state index contributed by atoms with van der Waals surface area (Å²) >= 11 is 0. The average molecular weight is 371 g/mol. The normalized spacial score (nSPS) is 11.0. The van der Waals surface area contributed by atoms with Gasteiger partial charge in [0.05, 0.1) is 17.5 Å². The van der Waals surface area contributed by atoms with Crippen molar-refractivity contribution in [2.45, 2.75) is 19.8 Å². The second kappa shape index (κ2) is 8.02. The number of rotatable bonds is 6. The molecule has 0 atom stereocenters. The molecule has 0 aliphatic rings. The van der Waals surface area contributed by atoms with Crippen LogP contribution in [0.2, 0.25) is 0 Å². The van der Waals surface area contributed by atoms with Crippen molar-refractivity contribution in [2.75, 3.05) is 22.4 Å². The Balaban J connectivity index is 2.21. The SMILES string of the molecule is CC(C)c1ccc(NC(=O)CN(c2ccccc2C#N)S(C)(=O)=O)cc1. The van der Waals surface area contributed by atoms with Gasteiger partial charge in [0, 0.05) is 5.69 Å². The Morgan fingerprint density at radius 2 is 1.77 bits per heavy atom. The smallest absolute Gasteiger partial charge is 0.245 e. The Morgan fingerprint density at radius 1 is 1.15 bits per heavy atom. The summed E-state index contributed by atoms with van der Waals surface area (Å²) in [5, 5.41) is 11.9. The Hall–Kier alpha value is -2.85. The maximum Gasteiger partial charge on any atom is 0.245 e. The quantitative estimate of drug-likeness (QED) is 0.845. The number of carbonyl (C=O) groups excluding carboxylic acids is 1. The number of sulfonamides is 1. The minimum Gasteiger partial charge on any atom is -0.325 e. The molecule has 2 aromatic rings. The predicted molar refractivity (Wildman–Crippen MR) is 103 cm³/mol. The van der Waals surface area contributed by atoms with Crippen molar-refractivity contribution in [2.24, 2.45) is 0 Å². The van der Waals surface area contributed by atoms with Gasteiger partial charge in [-0.15, -0.1) is 0 Å². The number of anilines is 2. The molecule has 0 heterocycles. The summed E-state index contributed by atoms with van der Waals surface area (Å²) in [6.07, 6.45) is 1.01. The Labute approximate surface area is 154 Å². The van der Waals surface area contributed by atoms with Crippen LogP contribution in [0.15, 0.2) is 48.5 Å². The number of hydrogen-bond acceptors (Lipinski definition) is 4. The lowest BCUT2D eigenvalue weighted by atomic mass is 10.0. The molecule has 0 bridgehead atoms. The minimum absolute atomic E-state index is 0.183. The van der Waals surface area contributed by atoms with E-state index in [1.807, 2.05) is 18.2 Å². The zero-order valence-corrected chi connectivity index (χ0v) is 15.7. The van der Waals surface area contributed by atoms with E-state index in [1.54, 1.807) is 24.3 Å². The van der Waals surface area contributed by atoms with Gasteiger partial charge >= 0.3 is 0 Å². The topological polar surface area (TPSA) is 90.3 Å². The summed E-state index contributed by atoms with van der Waals surface area (Å²) in [4.78, 5) is 12.4. The lowest BCUT2D eigenvalue weighted by molar-refractivity contribution is -0.114. The summed E-state index contributed by atoms with van der Waals surface area (Å²) < 4.78 is 25.2. The molecule has 136 valence electrons. The molecule has 2 rings (SSSR count). The summed E-state index contributed by atoms with van der Waals surface area (Å²) in [7, 11) is -3.73. The van der Waals surface area contributed by atoms with E-state index in [-0.39, 0.29) is 11.3 Å². The molecule has 0 unspecified atom stereocenters. The van der Waals surface area contributed by atoms with Crippen LogP contribution in [0, 0.1) is 11.3 Å². The molecule has 0 fully saturated rings. The van der Waals surface area contributed by atoms with Crippen LogP contribution in [0.4, 0.5) is 11.4 Å². The molecule has 0 aromatic heterocycles. The predicted octanol–water partition coefficient (Wildman–Crippen LogP) is 3.09. The fourth-order valence-corrected chi connectivity index (χ4v) is 3.32. The number of nitriles is 1. The highest BCUT2D eigenvalue weighted by Gasteiger charge is 2.23. The highest BCUT2D eigenvalue weighted by molar-refractivity contribution is 7.92. The Kier molecular flexibility index (Phi) is 6.01. The highest BCUT2D eigenvalue weighted by Crippen LogP contribution is 2.22. The number of carbonyl (C=O) groups is 1. The first kappa shape index (κ1) is 19.5. The summed E-state index contributed by atoms with van der Waals surface area (Å²) in [5.74, 6) is -0.108. The van der Waals surface area contributed by atoms with Gasteiger partial charge < -0.3 is 5.32 Å². The van der Waals surface area contributed by atoms with E-state index in [1.165, 1.54) is 12.1 Å². The van der Waals surface area contributed by atoms with Gasteiger partial charge in [-0.3, -0.25) is 9.10 Å². The van der Waals surface area contributed by atoms with E-state index in [0.29, 0.717) is 11.6 Å². The third-order valence-electron chi connectivity index (χ3n) is 3.84. The minimum atomic E-state index is -3.73. The molecule has 0 saturated heterocycles. The lowest BCUT2D eigenvalue weighted by Crippen LogP contribution is -2.37. The Morgan fingerprint density at radius 3 is 2.31 bits per heavy atom. The second-order valence-electron chi connectivity index (χ2n) is 6.22. The van der Waals surface area contributed by atoms with Crippen molar-refractivity contribution in [3.05, 3.63) is 59.7 Å². The molecule has 0 aliphatic carbocycles. The maximum absolute atomic E-state index is 12.4. The van der Waals surface area contributed by atoms with Crippen LogP contribution in [0.3, 0.4) is 0 Å². The third kappa shape index (κ3) is 4.83. The highest BCUT2D eigenvalue weighted by atomic mass is 32.2. The van der Waals surface area contributed by atoms with Crippen LogP contribution in [0.5, 0.6) is 0 Å². The van der Waals surface area contributed by atoms with Crippen LogP contribution in [0.1, 0.15) is 30.9 Å². The van der Waals surface area contributed by atoms with Crippen LogP contribution < -0.4 is 9.62 Å². The first-order chi connectivity index (χ1) is 12.2. The third-order valence-corrected chi connectivity index (χ3v) is 4.97. The molecule has 0 radical (unpaired) electrons.